The highest BCUT2D eigenvalue weighted by Crippen LogP contribution is 2.27. The van der Waals surface area contributed by atoms with Crippen LogP contribution < -0.4 is 11.1 Å². The van der Waals surface area contributed by atoms with Crippen molar-refractivity contribution in [2.75, 3.05) is 37.8 Å². The van der Waals surface area contributed by atoms with Gasteiger partial charge in [0.05, 0.1) is 7.11 Å². The van der Waals surface area contributed by atoms with Crippen molar-refractivity contribution in [3.63, 3.8) is 0 Å². The second kappa shape index (κ2) is 7.68. The molecule has 1 rings (SSSR count). The molecule has 20 heavy (non-hydrogen) atoms. The van der Waals surface area contributed by atoms with E-state index in [1.165, 1.54) is 7.11 Å². The lowest BCUT2D eigenvalue weighted by molar-refractivity contribution is -0.130. The molecule has 1 heterocycles. The van der Waals surface area contributed by atoms with Gasteiger partial charge in [0.2, 0.25) is 5.91 Å². The number of nitrogens with zero attached hydrogens (tertiary/aromatic N) is 2. The van der Waals surface area contributed by atoms with Gasteiger partial charge in [-0.3, -0.25) is 4.79 Å². The first-order chi connectivity index (χ1) is 9.54. The molecule has 0 spiro atoms. The number of hydrogen-bond acceptors (Lipinski definition) is 7. The van der Waals surface area contributed by atoms with E-state index >= 15 is 0 Å². The first-order valence-corrected chi connectivity index (χ1v) is 7.17. The predicted molar refractivity (Wildman–Crippen MR) is 78.9 cm³/mol. The van der Waals surface area contributed by atoms with Crippen LogP contribution in [0.1, 0.15) is 30.6 Å². The summed E-state index contributed by atoms with van der Waals surface area (Å²) in [5, 5.41) is 3.54. The van der Waals surface area contributed by atoms with Crippen molar-refractivity contribution >= 4 is 34.2 Å². The smallest absolute Gasteiger partial charge is 0.344 e. The van der Waals surface area contributed by atoms with Crippen molar-refractivity contribution in [1.82, 2.24) is 9.27 Å². The van der Waals surface area contributed by atoms with Gasteiger partial charge in [0, 0.05) is 26.1 Å². The SMILES string of the molecule is CCN(CC)C(=O)CCNc1snc(N)c1C(=O)OC. The van der Waals surface area contributed by atoms with Crippen LogP contribution in [0.5, 0.6) is 0 Å². The Morgan fingerprint density at radius 1 is 1.40 bits per heavy atom. The van der Waals surface area contributed by atoms with Gasteiger partial charge >= 0.3 is 5.97 Å². The Morgan fingerprint density at radius 3 is 2.60 bits per heavy atom. The van der Waals surface area contributed by atoms with Gasteiger partial charge < -0.3 is 20.7 Å². The summed E-state index contributed by atoms with van der Waals surface area (Å²) in [6, 6.07) is 0. The molecular weight excluding hydrogens is 280 g/mol. The summed E-state index contributed by atoms with van der Waals surface area (Å²) in [4.78, 5) is 25.2. The van der Waals surface area contributed by atoms with E-state index in [0.29, 0.717) is 31.1 Å². The fourth-order valence-corrected chi connectivity index (χ4v) is 2.47. The van der Waals surface area contributed by atoms with E-state index in [1.54, 1.807) is 4.90 Å². The summed E-state index contributed by atoms with van der Waals surface area (Å²) in [6.07, 6.45) is 0.347. The zero-order chi connectivity index (χ0) is 15.1. The molecule has 1 amide bonds. The maximum absolute atomic E-state index is 11.8. The van der Waals surface area contributed by atoms with Crippen LogP contribution in [0, 0.1) is 0 Å². The van der Waals surface area contributed by atoms with Gasteiger partial charge in [0.15, 0.2) is 5.82 Å². The molecule has 0 radical (unpaired) electrons. The van der Waals surface area contributed by atoms with Crippen molar-refractivity contribution in [2.45, 2.75) is 20.3 Å². The summed E-state index contributed by atoms with van der Waals surface area (Å²) in [5.74, 6) is -0.326. The maximum Gasteiger partial charge on any atom is 0.344 e. The normalized spacial score (nSPS) is 10.2. The van der Waals surface area contributed by atoms with Crippen molar-refractivity contribution in [3.8, 4) is 0 Å². The number of esters is 1. The third-order valence-electron chi connectivity index (χ3n) is 2.85. The molecule has 1 aromatic rings. The first-order valence-electron chi connectivity index (χ1n) is 6.40. The standard InChI is InChI=1S/C12H20N4O3S/c1-4-16(5-2)8(17)6-7-14-11-9(12(18)19-3)10(13)15-20-11/h14H,4-7H2,1-3H3,(H2,13,15). The monoisotopic (exact) mass is 300 g/mol. The molecular formula is C12H20N4O3S. The lowest BCUT2D eigenvalue weighted by Gasteiger charge is -2.18. The Kier molecular flexibility index (Phi) is 6.23. The molecule has 0 bridgehead atoms. The van der Waals surface area contributed by atoms with Crippen LogP contribution in [0.4, 0.5) is 10.8 Å². The van der Waals surface area contributed by atoms with Crippen LogP contribution >= 0.6 is 11.5 Å². The van der Waals surface area contributed by atoms with Gasteiger partial charge in [-0.05, 0) is 25.4 Å². The molecule has 8 heteroatoms. The molecule has 0 saturated heterocycles. The molecule has 0 fully saturated rings. The predicted octanol–water partition coefficient (Wildman–Crippen LogP) is 1.18. The molecule has 7 nitrogen and oxygen atoms in total. The number of rotatable bonds is 7. The number of ether oxygens (including phenoxy) is 1. The number of aromatic nitrogens is 1. The molecule has 3 N–H and O–H groups in total. The largest absolute Gasteiger partial charge is 0.465 e. The van der Waals surface area contributed by atoms with E-state index < -0.39 is 5.97 Å². The van der Waals surface area contributed by atoms with Gasteiger partial charge in [-0.1, -0.05) is 0 Å². The topological polar surface area (TPSA) is 97.5 Å². The summed E-state index contributed by atoms with van der Waals surface area (Å²) >= 11 is 1.08. The van der Waals surface area contributed by atoms with E-state index in [9.17, 15) is 9.59 Å². The highest BCUT2D eigenvalue weighted by molar-refractivity contribution is 7.11. The number of nitrogens with one attached hydrogen (secondary N) is 1. The second-order valence-corrected chi connectivity index (χ2v) is 4.78. The zero-order valence-corrected chi connectivity index (χ0v) is 12.7. The lowest BCUT2D eigenvalue weighted by atomic mass is 10.3. The van der Waals surface area contributed by atoms with Crippen molar-refractivity contribution in [1.29, 1.82) is 0 Å². The summed E-state index contributed by atoms with van der Waals surface area (Å²) in [7, 11) is 1.28. The summed E-state index contributed by atoms with van der Waals surface area (Å²) in [6.45, 7) is 5.68. The molecule has 0 aromatic carbocycles. The molecule has 0 aliphatic rings. The van der Waals surface area contributed by atoms with E-state index in [-0.39, 0.29) is 17.3 Å². The third kappa shape index (κ3) is 3.83. The quantitative estimate of drug-likeness (QED) is 0.734. The molecule has 0 unspecified atom stereocenters. The van der Waals surface area contributed by atoms with Gasteiger partial charge in [-0.2, -0.15) is 4.37 Å². The maximum atomic E-state index is 11.8. The lowest BCUT2D eigenvalue weighted by Crippen LogP contribution is -2.31. The van der Waals surface area contributed by atoms with Gasteiger partial charge in [0.25, 0.3) is 0 Å². The zero-order valence-electron chi connectivity index (χ0n) is 11.9. The van der Waals surface area contributed by atoms with Crippen LogP contribution in [0.3, 0.4) is 0 Å². The molecule has 0 aliphatic carbocycles. The Labute approximate surface area is 122 Å². The van der Waals surface area contributed by atoms with E-state index in [0.717, 1.165) is 11.5 Å². The Bertz CT molecular complexity index is 471. The average Bonchev–Trinajstić information content (AvgIpc) is 2.80. The number of anilines is 2. The molecule has 0 atom stereocenters. The van der Waals surface area contributed by atoms with E-state index in [2.05, 4.69) is 14.4 Å². The van der Waals surface area contributed by atoms with E-state index in [4.69, 9.17) is 5.73 Å². The molecule has 0 aliphatic heterocycles. The van der Waals surface area contributed by atoms with Gasteiger partial charge in [-0.15, -0.1) is 0 Å². The highest BCUT2D eigenvalue weighted by atomic mass is 32.1. The van der Waals surface area contributed by atoms with Crippen LogP contribution in [0.25, 0.3) is 0 Å². The number of amides is 1. The van der Waals surface area contributed by atoms with Crippen LogP contribution in [-0.2, 0) is 9.53 Å². The summed E-state index contributed by atoms with van der Waals surface area (Å²) < 4.78 is 8.56. The molecule has 1 aromatic heterocycles. The Balaban J connectivity index is 2.59. The van der Waals surface area contributed by atoms with Crippen LogP contribution in [-0.4, -0.2) is 47.9 Å². The van der Waals surface area contributed by atoms with Crippen molar-refractivity contribution < 1.29 is 14.3 Å². The minimum Gasteiger partial charge on any atom is -0.465 e. The van der Waals surface area contributed by atoms with E-state index in [1.807, 2.05) is 13.8 Å². The fraction of sp³-hybridized carbons (Fsp3) is 0.583. The second-order valence-electron chi connectivity index (χ2n) is 4.01. The number of carbonyl (C=O) groups is 2. The highest BCUT2D eigenvalue weighted by Gasteiger charge is 2.20. The number of nitrogens with two attached hydrogens (primary N) is 1. The first kappa shape index (κ1) is 16.2. The molecule has 0 saturated carbocycles. The minimum atomic E-state index is -0.534. The third-order valence-corrected chi connectivity index (χ3v) is 3.67. The van der Waals surface area contributed by atoms with Crippen molar-refractivity contribution in [3.05, 3.63) is 5.56 Å². The van der Waals surface area contributed by atoms with Gasteiger partial charge in [-0.25, -0.2) is 4.79 Å². The number of carbonyl (C=O) groups excluding carboxylic acids is 2. The minimum absolute atomic E-state index is 0.0691. The number of methoxy groups -OCH3 is 1. The molecule has 112 valence electrons. The summed E-state index contributed by atoms with van der Waals surface area (Å²) in [5.41, 5.74) is 5.85. The van der Waals surface area contributed by atoms with Crippen LogP contribution in [0.2, 0.25) is 0 Å². The van der Waals surface area contributed by atoms with Crippen LogP contribution in [0.15, 0.2) is 0 Å². The Morgan fingerprint density at radius 2 is 2.05 bits per heavy atom. The fourth-order valence-electron chi connectivity index (χ4n) is 1.74. The number of hydrogen-bond donors (Lipinski definition) is 2. The number of nitrogen functional groups attached to an aromatic ring is 1. The van der Waals surface area contributed by atoms with Gasteiger partial charge in [0.1, 0.15) is 10.6 Å². The Hall–Kier alpha value is -1.83. The average molecular weight is 300 g/mol. The van der Waals surface area contributed by atoms with Crippen molar-refractivity contribution in [2.24, 2.45) is 0 Å².